The van der Waals surface area contributed by atoms with Gasteiger partial charge in [0.05, 0.1) is 52.7 Å². The molecule has 9 aromatic rings. The number of anilines is 4. The summed E-state index contributed by atoms with van der Waals surface area (Å²) in [6, 6.07) is 61.3. The number of unbranched alkanes of at least 4 members (excludes halogenated alkanes) is 1. The highest BCUT2D eigenvalue weighted by molar-refractivity contribution is 6.01. The van der Waals surface area contributed by atoms with E-state index in [0.717, 1.165) is 110 Å². The third-order valence-electron chi connectivity index (χ3n) is 24.8. The minimum absolute atomic E-state index is 0.00728. The summed E-state index contributed by atoms with van der Waals surface area (Å²) >= 11 is 0. The predicted molar refractivity (Wildman–Crippen MR) is 490 cm³/mol. The second-order valence-corrected chi connectivity index (χ2v) is 38.6. The van der Waals surface area contributed by atoms with Crippen LogP contribution in [0.1, 0.15) is 290 Å². The van der Waals surface area contributed by atoms with Gasteiger partial charge in [-0.15, -0.1) is 0 Å². The number of halogens is 3. The van der Waals surface area contributed by atoms with Crippen molar-refractivity contribution >= 4 is 58.2 Å². The van der Waals surface area contributed by atoms with E-state index in [0.29, 0.717) is 78.9 Å². The first-order chi connectivity index (χ1) is 58.0. The fraction of sp³-hybridized carbons (Fsp3) is 0.434. The zero-order valence-electron chi connectivity index (χ0n) is 75.0. The van der Waals surface area contributed by atoms with E-state index in [1.165, 1.54) is 41.3 Å². The third-order valence-corrected chi connectivity index (χ3v) is 24.8. The van der Waals surface area contributed by atoms with Gasteiger partial charge in [0, 0.05) is 48.3 Å². The van der Waals surface area contributed by atoms with Gasteiger partial charge in [0.15, 0.2) is 0 Å². The molecule has 0 spiro atoms. The molecule has 6 atom stereocenters. The average molecular weight is 1660 g/mol. The van der Waals surface area contributed by atoms with Crippen LogP contribution in [0.5, 0.6) is 0 Å². The summed E-state index contributed by atoms with van der Waals surface area (Å²) in [5.41, 5.74) is 14.0. The molecular formula is C106H130F3N7O6. The Morgan fingerprint density at radius 1 is 0.377 bits per heavy atom. The SMILES string of the molecule is CCCCc1ccc([C@H]2[C@@H](C(=O)Nc3cccc(C(C)(C)C)c3)CCCN2C(=O)c2c(C)cccc2F)cc1.Cc1cccc(F)c1C(=O)N1CCC[C@H](C(=O)Nc2cccc(C(C)(C)C)c2)[C@@H]1c1ccc(NC2CCCCC2)c(F)c1.Cc1ccccc1C(=O)N1CCC[C@H](C(=O)Nc2cccc(C(C)(C)C)c2)[C@@H]1c1ccc(CCC(C)(C)C)cc1. The summed E-state index contributed by atoms with van der Waals surface area (Å²) in [5.74, 6) is -4.27. The summed E-state index contributed by atoms with van der Waals surface area (Å²) in [5, 5.41) is 12.8. The van der Waals surface area contributed by atoms with Crippen LogP contribution in [-0.2, 0) is 43.5 Å². The molecule has 9 aromatic carbocycles. The molecule has 13 nitrogen and oxygen atoms in total. The first-order valence-corrected chi connectivity index (χ1v) is 44.4. The standard InChI is InChI=1S/C36H43F2N3O2.C36H46N2O2.C34H41FN2O2/c1-23-11-8-17-29(37)32(23)35(43)41-20-10-16-28(34(42)40-27-15-9-12-25(22-27)36(2,3)4)33(41)24-18-19-31(30(38)21-24)39-26-13-6-5-7-14-26;1-25-12-8-9-15-30(25)34(40)38-23-11-16-31(33(39)37-29-14-10-13-28(24-29)36(5,6)7)32(38)27-19-17-26(18-20-27)21-22-35(2,3)4;1-6-7-12-24-17-19-25(20-18-24)31-28(32(38)36-27-14-9-13-26(22-27)34(3,4)5)15-10-21-37(31)33(39)30-23(2)11-8-16-29(30)35/h8-9,11-12,15,17-19,21-22,26,28,33,39H,5-7,10,13-14,16,20H2,1-4H3,(H,40,42);8-10,12-15,17-20,24,31-32H,11,16,21-23H2,1-7H3,(H,37,39);8-9,11,13-14,16-20,22,28,31H,6-7,10,12,15,21H2,1-5H3,(H,36,38)/t28-,33-;31-,32-;28-,31-/m000/s1. The second kappa shape index (κ2) is 40.6. The van der Waals surface area contributed by atoms with Crippen LogP contribution in [0.2, 0.25) is 0 Å². The van der Waals surface area contributed by atoms with E-state index in [4.69, 9.17) is 0 Å². The van der Waals surface area contributed by atoms with Crippen molar-refractivity contribution in [2.45, 2.75) is 254 Å². The Labute approximate surface area is 724 Å². The molecule has 122 heavy (non-hydrogen) atoms. The van der Waals surface area contributed by atoms with Gasteiger partial charge < -0.3 is 36.0 Å². The molecule has 3 saturated heterocycles. The quantitative estimate of drug-likeness (QED) is 0.0627. The van der Waals surface area contributed by atoms with Crippen molar-refractivity contribution in [2.24, 2.45) is 23.2 Å². The Bertz CT molecular complexity index is 5080. The number of carbonyl (C=O) groups excluding carboxylic acids is 6. The lowest BCUT2D eigenvalue weighted by atomic mass is 9.82. The van der Waals surface area contributed by atoms with Crippen molar-refractivity contribution < 1.29 is 41.9 Å². The van der Waals surface area contributed by atoms with Crippen LogP contribution in [-0.4, -0.2) is 75.8 Å². The van der Waals surface area contributed by atoms with Gasteiger partial charge in [-0.05, 0) is 247 Å². The van der Waals surface area contributed by atoms with Gasteiger partial charge >= 0.3 is 0 Å². The van der Waals surface area contributed by atoms with Gasteiger partial charge in [-0.25, -0.2) is 13.2 Å². The Balaban J connectivity index is 0.000000179. The van der Waals surface area contributed by atoms with Crippen LogP contribution >= 0.6 is 0 Å². The number of benzene rings is 9. The fourth-order valence-corrected chi connectivity index (χ4v) is 17.6. The minimum Gasteiger partial charge on any atom is -0.380 e. The molecular weight excluding hydrogens is 1520 g/mol. The Kier molecular flexibility index (Phi) is 30.7. The zero-order chi connectivity index (χ0) is 88.0. The number of aryl methyl sites for hydroxylation is 5. The maximum Gasteiger partial charge on any atom is 0.257 e. The van der Waals surface area contributed by atoms with Gasteiger partial charge in [0.25, 0.3) is 17.7 Å². The molecule has 13 rings (SSSR count). The number of rotatable bonds is 19. The van der Waals surface area contributed by atoms with E-state index in [1.54, 1.807) is 60.0 Å². The van der Waals surface area contributed by atoms with Gasteiger partial charge in [-0.2, -0.15) is 0 Å². The summed E-state index contributed by atoms with van der Waals surface area (Å²) in [6.45, 7) is 35.1. The lowest BCUT2D eigenvalue weighted by molar-refractivity contribution is -0.124. The molecule has 0 unspecified atom stereocenters. The normalized spacial score (nSPS) is 18.4. The molecule has 4 fully saturated rings. The van der Waals surface area contributed by atoms with E-state index >= 15 is 8.78 Å². The fourth-order valence-electron chi connectivity index (χ4n) is 17.6. The number of hydrogen-bond acceptors (Lipinski definition) is 7. The number of hydrogen-bond donors (Lipinski definition) is 4. The second-order valence-electron chi connectivity index (χ2n) is 38.6. The molecule has 0 aromatic heterocycles. The topological polar surface area (TPSA) is 160 Å². The molecule has 16 heteroatoms. The van der Waals surface area contributed by atoms with E-state index < -0.39 is 47.3 Å². The summed E-state index contributed by atoms with van der Waals surface area (Å²) in [7, 11) is 0. The molecule has 4 N–H and O–H groups in total. The molecule has 1 saturated carbocycles. The van der Waals surface area contributed by atoms with Crippen molar-refractivity contribution in [3.8, 4) is 0 Å². The van der Waals surface area contributed by atoms with Crippen LogP contribution in [0, 0.1) is 61.4 Å². The highest BCUT2D eigenvalue weighted by Gasteiger charge is 2.45. The number of carbonyl (C=O) groups is 6. The molecule has 3 heterocycles. The van der Waals surface area contributed by atoms with Crippen molar-refractivity contribution in [2.75, 3.05) is 40.9 Å². The highest BCUT2D eigenvalue weighted by Crippen LogP contribution is 2.44. The minimum atomic E-state index is -0.760. The summed E-state index contributed by atoms with van der Waals surface area (Å²) in [6.07, 6.45) is 14.7. The third kappa shape index (κ3) is 23.6. The maximum absolute atomic E-state index is 15.6. The Morgan fingerprint density at radius 2 is 0.754 bits per heavy atom. The molecule has 3 aliphatic heterocycles. The molecule has 646 valence electrons. The number of nitrogens with zero attached hydrogens (tertiary/aromatic N) is 3. The monoisotopic (exact) mass is 1650 g/mol. The molecule has 4 aliphatic rings. The summed E-state index contributed by atoms with van der Waals surface area (Å²) < 4.78 is 45.6. The van der Waals surface area contributed by atoms with Crippen LogP contribution in [0.4, 0.5) is 35.9 Å². The Hall–Kier alpha value is -10.6. The van der Waals surface area contributed by atoms with E-state index in [9.17, 15) is 33.2 Å². The highest BCUT2D eigenvalue weighted by atomic mass is 19.1. The van der Waals surface area contributed by atoms with Gasteiger partial charge in [0.1, 0.15) is 17.5 Å². The van der Waals surface area contributed by atoms with Crippen LogP contribution in [0.25, 0.3) is 0 Å². The van der Waals surface area contributed by atoms with E-state index in [2.05, 4.69) is 166 Å². The average Bonchev–Trinajstić information content (AvgIpc) is 0.780. The van der Waals surface area contributed by atoms with Crippen molar-refractivity contribution in [1.82, 2.24) is 14.7 Å². The number of piperidine rings is 3. The first kappa shape index (κ1) is 92.1. The summed E-state index contributed by atoms with van der Waals surface area (Å²) in [4.78, 5) is 88.7. The van der Waals surface area contributed by atoms with Gasteiger partial charge in [-0.1, -0.05) is 249 Å². The maximum atomic E-state index is 15.6. The van der Waals surface area contributed by atoms with Crippen LogP contribution in [0.15, 0.2) is 200 Å². The first-order valence-electron chi connectivity index (χ1n) is 44.4. The number of nitrogens with one attached hydrogen (secondary N) is 4. The lowest BCUT2D eigenvalue weighted by Crippen LogP contribution is -2.46. The zero-order valence-corrected chi connectivity index (χ0v) is 75.0. The Morgan fingerprint density at radius 3 is 1.14 bits per heavy atom. The largest absolute Gasteiger partial charge is 0.380 e. The molecule has 6 amide bonds. The lowest BCUT2D eigenvalue weighted by Gasteiger charge is -2.41. The molecule has 0 radical (unpaired) electrons. The molecule has 1 aliphatic carbocycles. The van der Waals surface area contributed by atoms with Crippen LogP contribution < -0.4 is 21.3 Å². The smallest absolute Gasteiger partial charge is 0.257 e. The predicted octanol–water partition coefficient (Wildman–Crippen LogP) is 25.1. The van der Waals surface area contributed by atoms with Crippen molar-refractivity contribution in [3.05, 3.63) is 296 Å². The van der Waals surface area contributed by atoms with E-state index in [1.807, 2.05) is 103 Å². The number of amides is 6. The number of likely N-dealkylation sites (tertiary alicyclic amines) is 3. The van der Waals surface area contributed by atoms with Crippen LogP contribution in [0.3, 0.4) is 0 Å². The van der Waals surface area contributed by atoms with Gasteiger partial charge in [-0.3, -0.25) is 28.8 Å². The van der Waals surface area contributed by atoms with Crippen molar-refractivity contribution in [1.29, 1.82) is 0 Å². The van der Waals surface area contributed by atoms with E-state index in [-0.39, 0.29) is 80.3 Å². The molecule has 0 bridgehead atoms. The van der Waals surface area contributed by atoms with Gasteiger partial charge in [0.2, 0.25) is 17.7 Å². The van der Waals surface area contributed by atoms with Crippen molar-refractivity contribution in [3.63, 3.8) is 0 Å².